The lowest BCUT2D eigenvalue weighted by Crippen LogP contribution is -2.44. The zero-order valence-electron chi connectivity index (χ0n) is 19.3. The van der Waals surface area contributed by atoms with Gasteiger partial charge in [0.15, 0.2) is 0 Å². The summed E-state index contributed by atoms with van der Waals surface area (Å²) in [6.07, 6.45) is -0.134. The molecule has 1 aromatic carbocycles. The number of nitrogens with zero attached hydrogens (tertiary/aromatic N) is 4. The average molecular weight is 459 g/mol. The van der Waals surface area contributed by atoms with Crippen LogP contribution in [0, 0.1) is 6.92 Å². The van der Waals surface area contributed by atoms with E-state index in [1.807, 2.05) is 31.3 Å². The van der Waals surface area contributed by atoms with Crippen LogP contribution in [0.5, 0.6) is 5.75 Å². The number of thiazole rings is 1. The highest BCUT2D eigenvalue weighted by molar-refractivity contribution is 7.09. The molecule has 1 aliphatic heterocycles. The Bertz CT molecular complexity index is 1010. The largest absolute Gasteiger partial charge is 0.497 e. The molecule has 8 nitrogen and oxygen atoms in total. The molecule has 0 saturated carbocycles. The van der Waals surface area contributed by atoms with Gasteiger partial charge >= 0.3 is 0 Å². The quantitative estimate of drug-likeness (QED) is 0.535. The molecule has 0 aliphatic carbocycles. The first kappa shape index (κ1) is 23.9. The fourth-order valence-electron chi connectivity index (χ4n) is 3.92. The molecule has 3 rings (SSSR count). The fourth-order valence-corrected chi connectivity index (χ4v) is 4.52. The Morgan fingerprint density at radius 2 is 2.03 bits per heavy atom. The van der Waals surface area contributed by atoms with E-state index in [1.165, 1.54) is 16.2 Å². The first-order valence-electron chi connectivity index (χ1n) is 10.5. The molecule has 172 valence electrons. The van der Waals surface area contributed by atoms with Gasteiger partial charge < -0.3 is 14.5 Å². The summed E-state index contributed by atoms with van der Waals surface area (Å²) >= 11 is 1.53. The molecule has 2 heterocycles. The van der Waals surface area contributed by atoms with Gasteiger partial charge in [-0.05, 0) is 38.7 Å². The number of carbonyl (C=O) groups is 3. The second-order valence-electron chi connectivity index (χ2n) is 8.43. The first-order chi connectivity index (χ1) is 15.2. The van der Waals surface area contributed by atoms with Crippen molar-refractivity contribution in [3.05, 3.63) is 45.9 Å². The van der Waals surface area contributed by atoms with Gasteiger partial charge in [-0.2, -0.15) is 0 Å². The molecule has 0 N–H and O–H groups in total. The van der Waals surface area contributed by atoms with E-state index in [0.717, 1.165) is 10.7 Å². The molecule has 0 unspecified atom stereocenters. The highest BCUT2D eigenvalue weighted by atomic mass is 32.1. The van der Waals surface area contributed by atoms with Crippen molar-refractivity contribution in [3.8, 4) is 5.75 Å². The van der Waals surface area contributed by atoms with Gasteiger partial charge in [0.25, 0.3) is 0 Å². The van der Waals surface area contributed by atoms with Crippen LogP contribution in [0.25, 0.3) is 0 Å². The molecule has 1 atom stereocenters. The second-order valence-corrected chi connectivity index (χ2v) is 9.49. The van der Waals surface area contributed by atoms with Crippen LogP contribution in [0.2, 0.25) is 0 Å². The first-order valence-corrected chi connectivity index (χ1v) is 11.3. The molecule has 0 spiro atoms. The molecule has 0 radical (unpaired) electrons. The Balaban J connectivity index is 1.91. The van der Waals surface area contributed by atoms with Gasteiger partial charge in [0.05, 0.1) is 29.8 Å². The second kappa shape index (κ2) is 9.79. The third-order valence-electron chi connectivity index (χ3n) is 5.75. The summed E-state index contributed by atoms with van der Waals surface area (Å²) in [5.41, 5.74) is 0.176. The molecule has 0 bridgehead atoms. The summed E-state index contributed by atoms with van der Waals surface area (Å²) in [5.74, 6) is -0.226. The maximum atomic E-state index is 13.6. The predicted molar refractivity (Wildman–Crippen MR) is 123 cm³/mol. The monoisotopic (exact) mass is 458 g/mol. The summed E-state index contributed by atoms with van der Waals surface area (Å²) in [5, 5.41) is 2.85. The fraction of sp³-hybridized carbons (Fsp3) is 0.478. The van der Waals surface area contributed by atoms with E-state index in [9.17, 15) is 14.4 Å². The number of imide groups is 1. The molecule has 1 saturated heterocycles. The van der Waals surface area contributed by atoms with Crippen LogP contribution in [0.4, 0.5) is 0 Å². The molecule has 1 aromatic heterocycles. The van der Waals surface area contributed by atoms with Crippen LogP contribution in [0.15, 0.2) is 29.6 Å². The lowest BCUT2D eigenvalue weighted by atomic mass is 9.75. The topological polar surface area (TPSA) is 83.1 Å². The van der Waals surface area contributed by atoms with Gasteiger partial charge in [0, 0.05) is 38.4 Å². The van der Waals surface area contributed by atoms with E-state index in [0.29, 0.717) is 30.9 Å². The smallest absolute Gasteiger partial charge is 0.240 e. The van der Waals surface area contributed by atoms with Gasteiger partial charge in [-0.25, -0.2) is 4.98 Å². The van der Waals surface area contributed by atoms with Crippen molar-refractivity contribution in [2.45, 2.75) is 31.7 Å². The van der Waals surface area contributed by atoms with E-state index in [-0.39, 0.29) is 30.6 Å². The molecule has 3 amide bonds. The van der Waals surface area contributed by atoms with E-state index in [4.69, 9.17) is 4.74 Å². The normalized spacial score (nSPS) is 18.5. The Kier molecular flexibility index (Phi) is 7.30. The lowest BCUT2D eigenvalue weighted by molar-refractivity contribution is -0.142. The molecule has 9 heteroatoms. The Morgan fingerprint density at radius 3 is 2.66 bits per heavy atom. The van der Waals surface area contributed by atoms with Gasteiger partial charge in [-0.1, -0.05) is 12.1 Å². The van der Waals surface area contributed by atoms with Crippen molar-refractivity contribution in [1.29, 1.82) is 0 Å². The Labute approximate surface area is 192 Å². The molecule has 2 aromatic rings. The number of hydrogen-bond acceptors (Lipinski definition) is 7. The number of benzene rings is 1. The third kappa shape index (κ3) is 4.99. The van der Waals surface area contributed by atoms with Gasteiger partial charge in [0.2, 0.25) is 17.7 Å². The Morgan fingerprint density at radius 1 is 1.28 bits per heavy atom. The van der Waals surface area contributed by atoms with Crippen molar-refractivity contribution in [2.75, 3.05) is 41.3 Å². The minimum absolute atomic E-state index is 0.0399. The summed E-state index contributed by atoms with van der Waals surface area (Å²) in [7, 11) is 7.02. The number of amides is 3. The van der Waals surface area contributed by atoms with Crippen molar-refractivity contribution in [2.24, 2.45) is 0 Å². The Hall–Kier alpha value is -2.78. The van der Waals surface area contributed by atoms with E-state index < -0.39 is 5.41 Å². The molecule has 1 aliphatic rings. The minimum Gasteiger partial charge on any atom is -0.497 e. The van der Waals surface area contributed by atoms with Crippen molar-refractivity contribution in [1.82, 2.24) is 19.7 Å². The van der Waals surface area contributed by atoms with Crippen molar-refractivity contribution >= 4 is 29.1 Å². The maximum absolute atomic E-state index is 13.6. The predicted octanol–water partition coefficient (Wildman–Crippen LogP) is 2.07. The zero-order chi connectivity index (χ0) is 23.5. The maximum Gasteiger partial charge on any atom is 0.240 e. The number of aromatic nitrogens is 1. The SMILES string of the molecule is COc1cccc([C@@]2(CC(=O)N(C)Cc3csc(C)n3)CC(=O)N(CCN(C)C)C2=O)c1. The van der Waals surface area contributed by atoms with Crippen LogP contribution >= 0.6 is 11.3 Å². The van der Waals surface area contributed by atoms with Gasteiger partial charge in [-0.3, -0.25) is 19.3 Å². The number of likely N-dealkylation sites (tertiary alicyclic amines) is 1. The van der Waals surface area contributed by atoms with Crippen molar-refractivity contribution in [3.63, 3.8) is 0 Å². The molecule has 32 heavy (non-hydrogen) atoms. The summed E-state index contributed by atoms with van der Waals surface area (Å²) in [4.78, 5) is 49.0. The number of rotatable bonds is 9. The van der Waals surface area contributed by atoms with Gasteiger partial charge in [-0.15, -0.1) is 11.3 Å². The van der Waals surface area contributed by atoms with Gasteiger partial charge in [0.1, 0.15) is 5.75 Å². The number of ether oxygens (including phenoxy) is 1. The van der Waals surface area contributed by atoms with Crippen LogP contribution in [0.3, 0.4) is 0 Å². The molecular formula is C23H30N4O4S. The van der Waals surface area contributed by atoms with E-state index in [2.05, 4.69) is 4.98 Å². The standard InChI is InChI=1S/C23H30N4O4S/c1-16-24-18(15-32-16)14-26(4)20(28)12-23(17-7-6-8-19(11-17)31-5)13-21(29)27(22(23)30)10-9-25(2)3/h6-8,11,15H,9-10,12-14H2,1-5H3/t23-/m1/s1. The van der Waals surface area contributed by atoms with Crippen LogP contribution in [-0.2, 0) is 26.3 Å². The number of carbonyl (C=O) groups excluding carboxylic acids is 3. The summed E-state index contributed by atoms with van der Waals surface area (Å²) in [6, 6.07) is 7.10. The highest BCUT2D eigenvalue weighted by Gasteiger charge is 2.54. The van der Waals surface area contributed by atoms with Crippen LogP contribution in [0.1, 0.15) is 29.1 Å². The number of methoxy groups -OCH3 is 1. The molecule has 1 fully saturated rings. The van der Waals surface area contributed by atoms with E-state index >= 15 is 0 Å². The van der Waals surface area contributed by atoms with Crippen LogP contribution < -0.4 is 4.74 Å². The van der Waals surface area contributed by atoms with Crippen LogP contribution in [-0.4, -0.2) is 78.7 Å². The molecular weight excluding hydrogens is 428 g/mol. The van der Waals surface area contributed by atoms with E-state index in [1.54, 1.807) is 43.3 Å². The summed E-state index contributed by atoms with van der Waals surface area (Å²) < 4.78 is 5.34. The lowest BCUT2D eigenvalue weighted by Gasteiger charge is -2.29. The average Bonchev–Trinajstić information content (AvgIpc) is 3.27. The number of aryl methyl sites for hydroxylation is 1. The number of hydrogen-bond donors (Lipinski definition) is 0. The van der Waals surface area contributed by atoms with Crippen molar-refractivity contribution < 1.29 is 19.1 Å². The third-order valence-corrected chi connectivity index (χ3v) is 6.57. The zero-order valence-corrected chi connectivity index (χ0v) is 20.1. The summed E-state index contributed by atoms with van der Waals surface area (Å²) in [6.45, 7) is 3.12. The number of likely N-dealkylation sites (N-methyl/N-ethyl adjacent to an activating group) is 1. The highest BCUT2D eigenvalue weighted by Crippen LogP contribution is 2.41. The minimum atomic E-state index is -1.25.